The number of hydrogen-bond donors (Lipinski definition) is 11. The van der Waals surface area contributed by atoms with Crippen molar-refractivity contribution in [1.82, 2.24) is 0 Å². The predicted molar refractivity (Wildman–Crippen MR) is 108 cm³/mol. The van der Waals surface area contributed by atoms with Gasteiger partial charge in [-0.3, -0.25) is 0 Å². The van der Waals surface area contributed by atoms with Crippen LogP contribution in [0.15, 0.2) is 0 Å². The first-order chi connectivity index (χ1) is 15.5. The van der Waals surface area contributed by atoms with Crippen molar-refractivity contribution in [3.8, 4) is 0 Å². The molecule has 0 amide bonds. The number of aliphatic hydroxyl groups is 7. The van der Waals surface area contributed by atoms with E-state index in [0.717, 1.165) is 0 Å². The summed E-state index contributed by atoms with van der Waals surface area (Å²) in [6.45, 7) is -0.763. The van der Waals surface area contributed by atoms with Crippen molar-refractivity contribution in [3.05, 3.63) is 0 Å². The number of nitrogens with two attached hydrogens (primary N) is 4. The zero-order valence-corrected chi connectivity index (χ0v) is 17.9. The van der Waals surface area contributed by atoms with Crippen molar-refractivity contribution in [2.24, 2.45) is 22.9 Å². The van der Waals surface area contributed by atoms with E-state index in [1.54, 1.807) is 0 Å². The fourth-order valence-corrected chi connectivity index (χ4v) is 4.40. The maximum atomic E-state index is 10.9. The lowest BCUT2D eigenvalue weighted by atomic mass is 9.84. The van der Waals surface area contributed by atoms with Crippen molar-refractivity contribution in [2.75, 3.05) is 13.2 Å². The van der Waals surface area contributed by atoms with Gasteiger partial charge in [0, 0.05) is 18.6 Å². The summed E-state index contributed by atoms with van der Waals surface area (Å²) in [5, 5.41) is 70.9. The second-order valence-corrected chi connectivity index (χ2v) is 8.79. The minimum atomic E-state index is -1.66. The molecule has 3 fully saturated rings. The van der Waals surface area contributed by atoms with Crippen molar-refractivity contribution in [1.29, 1.82) is 0 Å². The summed E-state index contributed by atoms with van der Waals surface area (Å²) in [6.07, 6.45) is -16.5. The first-order valence-corrected chi connectivity index (χ1v) is 10.8. The Balaban J connectivity index is 1.72. The van der Waals surface area contributed by atoms with Gasteiger partial charge in [0.25, 0.3) is 0 Å². The molecule has 1 aliphatic carbocycles. The Kier molecular flexibility index (Phi) is 8.99. The summed E-state index contributed by atoms with van der Waals surface area (Å²) >= 11 is 0. The molecule has 15 N–H and O–H groups in total. The van der Waals surface area contributed by atoms with Gasteiger partial charge in [0.2, 0.25) is 0 Å². The van der Waals surface area contributed by atoms with Crippen molar-refractivity contribution in [2.45, 2.75) is 98.2 Å². The van der Waals surface area contributed by atoms with E-state index in [1.807, 2.05) is 0 Å². The summed E-state index contributed by atoms with van der Waals surface area (Å²) in [6, 6.07) is -2.86. The monoisotopic (exact) mass is 484 g/mol. The second-order valence-electron chi connectivity index (χ2n) is 8.79. The zero-order valence-electron chi connectivity index (χ0n) is 17.9. The molecule has 8 unspecified atom stereocenters. The highest BCUT2D eigenvalue weighted by Gasteiger charge is 2.51. The van der Waals surface area contributed by atoms with Gasteiger partial charge in [0.1, 0.15) is 61.0 Å². The summed E-state index contributed by atoms with van der Waals surface area (Å²) in [5.74, 6) is 0. The van der Waals surface area contributed by atoms with Crippen LogP contribution < -0.4 is 22.9 Å². The Morgan fingerprint density at radius 2 is 1.18 bits per heavy atom. The van der Waals surface area contributed by atoms with E-state index in [4.69, 9.17) is 41.9 Å². The van der Waals surface area contributed by atoms with E-state index >= 15 is 0 Å². The first-order valence-electron chi connectivity index (χ1n) is 10.8. The number of rotatable bonds is 6. The van der Waals surface area contributed by atoms with E-state index in [9.17, 15) is 35.7 Å². The van der Waals surface area contributed by atoms with Crippen LogP contribution in [0.4, 0.5) is 0 Å². The van der Waals surface area contributed by atoms with Crippen LogP contribution in [0.2, 0.25) is 0 Å². The molecule has 15 atom stereocenters. The Hall–Kier alpha value is -0.600. The van der Waals surface area contributed by atoms with Gasteiger partial charge in [-0.25, -0.2) is 0 Å². The van der Waals surface area contributed by atoms with Crippen molar-refractivity contribution in [3.63, 3.8) is 0 Å². The van der Waals surface area contributed by atoms with Gasteiger partial charge in [-0.1, -0.05) is 0 Å². The average Bonchev–Trinajstić information content (AvgIpc) is 2.79. The molecule has 33 heavy (non-hydrogen) atoms. The highest BCUT2D eigenvalue weighted by atomic mass is 16.7. The molecule has 15 heteroatoms. The standard InChI is InChI=1S/C18H36N4O11/c19-2-6-10(25)12(27)13(28)18(30-6)33-16-5(21)1-4(20)15(14(16)29)32-17-11(26)8(22)9(24)7(3-23)31-17/h4-18,23-29H,1-3,19-22H2/t4-,5?,6?,7-,8?,9-,10-,11-,12?,13?,14?,15?,16-,17?,18-/m1/s1. The van der Waals surface area contributed by atoms with Crippen LogP contribution in [0, 0.1) is 0 Å². The third kappa shape index (κ3) is 5.32. The van der Waals surface area contributed by atoms with Crippen molar-refractivity contribution >= 4 is 0 Å². The van der Waals surface area contributed by atoms with E-state index in [-0.39, 0.29) is 13.0 Å². The van der Waals surface area contributed by atoms with E-state index in [2.05, 4.69) is 0 Å². The topological polar surface area (TPSA) is 283 Å². The lowest BCUT2D eigenvalue weighted by molar-refractivity contribution is -0.332. The van der Waals surface area contributed by atoms with Crippen LogP contribution in [0.5, 0.6) is 0 Å². The van der Waals surface area contributed by atoms with Crippen LogP contribution in [-0.4, -0.2) is 141 Å². The highest BCUT2D eigenvalue weighted by molar-refractivity contribution is 5.01. The molecule has 0 aromatic heterocycles. The van der Waals surface area contributed by atoms with E-state index in [1.165, 1.54) is 0 Å². The molecule has 15 nitrogen and oxygen atoms in total. The van der Waals surface area contributed by atoms with Gasteiger partial charge in [-0.15, -0.1) is 0 Å². The zero-order chi connectivity index (χ0) is 24.6. The Bertz CT molecular complexity index is 584. The summed E-state index contributed by atoms with van der Waals surface area (Å²) in [7, 11) is 0. The van der Waals surface area contributed by atoms with Gasteiger partial charge < -0.3 is 77.6 Å². The number of aliphatic hydroxyl groups excluding tert-OH is 7. The smallest absolute Gasteiger partial charge is 0.187 e. The largest absolute Gasteiger partial charge is 0.394 e. The summed E-state index contributed by atoms with van der Waals surface area (Å²) < 4.78 is 22.2. The molecule has 3 aliphatic rings. The fourth-order valence-electron chi connectivity index (χ4n) is 4.40. The van der Waals surface area contributed by atoms with Crippen LogP contribution >= 0.6 is 0 Å². The predicted octanol–water partition coefficient (Wildman–Crippen LogP) is -7.29. The van der Waals surface area contributed by atoms with Crippen LogP contribution in [0.1, 0.15) is 6.42 Å². The molecule has 2 heterocycles. The number of hydrogen-bond acceptors (Lipinski definition) is 15. The van der Waals surface area contributed by atoms with Gasteiger partial charge >= 0.3 is 0 Å². The van der Waals surface area contributed by atoms with Crippen LogP contribution in [-0.2, 0) is 18.9 Å². The van der Waals surface area contributed by atoms with Crippen LogP contribution in [0.25, 0.3) is 0 Å². The Morgan fingerprint density at radius 1 is 0.667 bits per heavy atom. The molecular formula is C18H36N4O11. The molecule has 0 aromatic carbocycles. The molecule has 2 saturated heterocycles. The van der Waals surface area contributed by atoms with Gasteiger partial charge in [0.15, 0.2) is 12.6 Å². The third-order valence-electron chi connectivity index (χ3n) is 6.48. The lowest BCUT2D eigenvalue weighted by Gasteiger charge is -2.48. The molecule has 1 saturated carbocycles. The highest BCUT2D eigenvalue weighted by Crippen LogP contribution is 2.31. The van der Waals surface area contributed by atoms with Gasteiger partial charge in [-0.2, -0.15) is 0 Å². The van der Waals surface area contributed by atoms with Gasteiger partial charge in [-0.05, 0) is 6.42 Å². The maximum Gasteiger partial charge on any atom is 0.187 e. The quantitative estimate of drug-likeness (QED) is 0.167. The summed E-state index contributed by atoms with van der Waals surface area (Å²) in [5.41, 5.74) is 23.5. The number of ether oxygens (including phenoxy) is 4. The lowest BCUT2D eigenvalue weighted by Crippen LogP contribution is -2.68. The van der Waals surface area contributed by atoms with E-state index in [0.29, 0.717) is 0 Å². The fraction of sp³-hybridized carbons (Fsp3) is 1.00. The van der Waals surface area contributed by atoms with Crippen molar-refractivity contribution < 1.29 is 54.7 Å². The minimum Gasteiger partial charge on any atom is -0.394 e. The summed E-state index contributed by atoms with van der Waals surface area (Å²) in [4.78, 5) is 0. The molecule has 2 aliphatic heterocycles. The van der Waals surface area contributed by atoms with Crippen LogP contribution in [0.3, 0.4) is 0 Å². The van der Waals surface area contributed by atoms with Gasteiger partial charge in [0.05, 0.1) is 12.6 Å². The first kappa shape index (κ1) is 27.0. The Morgan fingerprint density at radius 3 is 1.70 bits per heavy atom. The molecular weight excluding hydrogens is 448 g/mol. The molecule has 0 bridgehead atoms. The normalized spacial score (nSPS) is 53.7. The SMILES string of the molecule is NCC1O[C@H](O[C@@H]2C(N)C[C@@H](N)C(OC3O[C@H](CO)[C@@H](O)C(N)[C@H]3O)C2O)C(O)C(O)[C@@H]1O. The molecule has 194 valence electrons. The molecule has 0 spiro atoms. The van der Waals surface area contributed by atoms with E-state index < -0.39 is 98.4 Å². The average molecular weight is 485 g/mol. The molecule has 0 aromatic rings. The maximum absolute atomic E-state index is 10.9. The third-order valence-corrected chi connectivity index (χ3v) is 6.48. The molecule has 3 rings (SSSR count). The molecule has 0 radical (unpaired) electrons. The Labute approximate surface area is 189 Å². The second kappa shape index (κ2) is 11.0. The minimum absolute atomic E-state index is 0.0849.